The van der Waals surface area contributed by atoms with Crippen LogP contribution in [0.25, 0.3) is 0 Å². The van der Waals surface area contributed by atoms with Crippen molar-refractivity contribution in [3.8, 4) is 0 Å². The van der Waals surface area contributed by atoms with Crippen molar-refractivity contribution in [3.63, 3.8) is 0 Å². The third-order valence-corrected chi connectivity index (χ3v) is 3.04. The highest BCUT2D eigenvalue weighted by molar-refractivity contribution is 5.71. The molecule has 2 rings (SSSR count). The highest BCUT2D eigenvalue weighted by atomic mass is 16.6. The van der Waals surface area contributed by atoms with Gasteiger partial charge in [-0.2, -0.15) is 0 Å². The Kier molecular flexibility index (Phi) is 4.40. The number of allylic oxidation sites excluding steroid dienone is 1. The molecule has 1 aromatic rings. The molecule has 1 aliphatic rings. The van der Waals surface area contributed by atoms with E-state index in [-0.39, 0.29) is 12.1 Å². The van der Waals surface area contributed by atoms with Gasteiger partial charge in [0.25, 0.3) is 0 Å². The summed E-state index contributed by atoms with van der Waals surface area (Å²) < 4.78 is 5.12. The molecule has 1 aromatic carbocycles. The zero-order chi connectivity index (χ0) is 12.8. The van der Waals surface area contributed by atoms with Gasteiger partial charge < -0.3 is 4.74 Å². The molecule has 1 unspecified atom stereocenters. The number of carbonyl (C=O) groups excluding carboxylic acids is 1. The Morgan fingerprint density at radius 1 is 1.39 bits per heavy atom. The van der Waals surface area contributed by atoms with Crippen molar-refractivity contribution < 1.29 is 9.53 Å². The minimum atomic E-state index is -0.233. The zero-order valence-corrected chi connectivity index (χ0v) is 10.7. The molecule has 1 saturated heterocycles. The van der Waals surface area contributed by atoms with Gasteiger partial charge in [0.05, 0.1) is 6.04 Å². The lowest BCUT2D eigenvalue weighted by Gasteiger charge is -2.17. The van der Waals surface area contributed by atoms with E-state index in [2.05, 4.69) is 19.1 Å². The number of ether oxygens (including phenoxy) is 1. The quantitative estimate of drug-likeness (QED) is 0.796. The molecule has 0 radical (unpaired) electrons. The standard InChI is InChI=1S/C15H19NO2/c1-2-3-7-10-16-14(12-18-15(16)17)11-13-8-5-4-6-9-13/h4-10,14H,2-3,11-12H2,1H3. The maximum atomic E-state index is 11.6. The fourth-order valence-electron chi connectivity index (χ4n) is 2.05. The highest BCUT2D eigenvalue weighted by Gasteiger charge is 2.31. The maximum Gasteiger partial charge on any atom is 0.414 e. The number of amides is 1. The summed E-state index contributed by atoms with van der Waals surface area (Å²) in [4.78, 5) is 13.3. The lowest BCUT2D eigenvalue weighted by atomic mass is 10.1. The summed E-state index contributed by atoms with van der Waals surface area (Å²) in [6.45, 7) is 2.60. The summed E-state index contributed by atoms with van der Waals surface area (Å²) in [5, 5.41) is 0. The Labute approximate surface area is 108 Å². The average molecular weight is 245 g/mol. The van der Waals surface area contributed by atoms with Crippen LogP contribution in [0.15, 0.2) is 42.6 Å². The van der Waals surface area contributed by atoms with E-state index in [1.807, 2.05) is 30.5 Å². The molecular weight excluding hydrogens is 226 g/mol. The second kappa shape index (κ2) is 6.24. The third-order valence-electron chi connectivity index (χ3n) is 3.04. The van der Waals surface area contributed by atoms with Crippen LogP contribution in [-0.4, -0.2) is 23.6 Å². The fourth-order valence-corrected chi connectivity index (χ4v) is 2.05. The van der Waals surface area contributed by atoms with Crippen molar-refractivity contribution in [3.05, 3.63) is 48.2 Å². The number of benzene rings is 1. The first-order chi connectivity index (χ1) is 8.81. The van der Waals surface area contributed by atoms with Crippen LogP contribution in [-0.2, 0) is 11.2 Å². The van der Waals surface area contributed by atoms with Crippen LogP contribution >= 0.6 is 0 Å². The number of hydrogen-bond acceptors (Lipinski definition) is 2. The van der Waals surface area contributed by atoms with Crippen LogP contribution in [0.1, 0.15) is 25.3 Å². The number of rotatable bonds is 5. The van der Waals surface area contributed by atoms with E-state index in [4.69, 9.17) is 4.74 Å². The van der Waals surface area contributed by atoms with E-state index in [0.29, 0.717) is 6.61 Å². The van der Waals surface area contributed by atoms with Gasteiger partial charge in [-0.3, -0.25) is 4.90 Å². The van der Waals surface area contributed by atoms with Gasteiger partial charge in [0, 0.05) is 6.20 Å². The summed E-state index contributed by atoms with van der Waals surface area (Å²) >= 11 is 0. The predicted molar refractivity (Wildman–Crippen MR) is 71.2 cm³/mol. The summed E-state index contributed by atoms with van der Waals surface area (Å²) in [5.41, 5.74) is 1.23. The molecule has 1 atom stereocenters. The molecule has 1 aliphatic heterocycles. The smallest absolute Gasteiger partial charge is 0.414 e. The molecule has 1 heterocycles. The molecule has 96 valence electrons. The van der Waals surface area contributed by atoms with Crippen molar-refractivity contribution in [2.45, 2.75) is 32.2 Å². The second-order valence-electron chi connectivity index (χ2n) is 4.50. The maximum absolute atomic E-state index is 11.6. The summed E-state index contributed by atoms with van der Waals surface area (Å²) in [7, 11) is 0. The molecule has 18 heavy (non-hydrogen) atoms. The number of hydrogen-bond donors (Lipinski definition) is 0. The van der Waals surface area contributed by atoms with Crippen LogP contribution in [0.4, 0.5) is 4.79 Å². The van der Waals surface area contributed by atoms with Gasteiger partial charge in [-0.1, -0.05) is 49.8 Å². The Morgan fingerprint density at radius 3 is 2.89 bits per heavy atom. The van der Waals surface area contributed by atoms with Crippen molar-refractivity contribution >= 4 is 6.09 Å². The molecule has 0 aromatic heterocycles. The number of carbonyl (C=O) groups is 1. The number of cyclic esters (lactones) is 1. The zero-order valence-electron chi connectivity index (χ0n) is 10.7. The van der Waals surface area contributed by atoms with Gasteiger partial charge in [-0.25, -0.2) is 4.79 Å². The van der Waals surface area contributed by atoms with Gasteiger partial charge in [0.2, 0.25) is 0 Å². The summed E-state index contributed by atoms with van der Waals surface area (Å²) in [5.74, 6) is 0. The molecule has 3 nitrogen and oxygen atoms in total. The Bertz CT molecular complexity index is 414. The van der Waals surface area contributed by atoms with E-state index < -0.39 is 0 Å². The normalized spacial score (nSPS) is 19.5. The first-order valence-corrected chi connectivity index (χ1v) is 6.47. The Morgan fingerprint density at radius 2 is 2.17 bits per heavy atom. The van der Waals surface area contributed by atoms with E-state index in [1.165, 1.54) is 5.56 Å². The van der Waals surface area contributed by atoms with E-state index >= 15 is 0 Å². The van der Waals surface area contributed by atoms with Crippen molar-refractivity contribution in [2.75, 3.05) is 6.61 Å². The molecule has 0 N–H and O–H groups in total. The molecule has 0 aliphatic carbocycles. The fraction of sp³-hybridized carbons (Fsp3) is 0.400. The van der Waals surface area contributed by atoms with E-state index in [0.717, 1.165) is 19.3 Å². The largest absolute Gasteiger partial charge is 0.447 e. The first kappa shape index (κ1) is 12.7. The van der Waals surface area contributed by atoms with Gasteiger partial charge >= 0.3 is 6.09 Å². The molecule has 0 saturated carbocycles. The van der Waals surface area contributed by atoms with Crippen LogP contribution < -0.4 is 0 Å². The summed E-state index contributed by atoms with van der Waals surface area (Å²) in [6, 6.07) is 10.3. The number of unbranched alkanes of at least 4 members (excludes halogenated alkanes) is 1. The van der Waals surface area contributed by atoms with Crippen molar-refractivity contribution in [1.29, 1.82) is 0 Å². The Balaban J connectivity index is 2.00. The van der Waals surface area contributed by atoms with Crippen LogP contribution in [0.5, 0.6) is 0 Å². The minimum absolute atomic E-state index is 0.119. The molecule has 0 spiro atoms. The average Bonchev–Trinajstić information content (AvgIpc) is 2.73. The lowest BCUT2D eigenvalue weighted by molar-refractivity contribution is 0.166. The molecule has 0 bridgehead atoms. The second-order valence-corrected chi connectivity index (χ2v) is 4.50. The van der Waals surface area contributed by atoms with Crippen molar-refractivity contribution in [1.82, 2.24) is 4.90 Å². The van der Waals surface area contributed by atoms with E-state index in [9.17, 15) is 4.79 Å². The van der Waals surface area contributed by atoms with Gasteiger partial charge in [0.1, 0.15) is 6.61 Å². The monoisotopic (exact) mass is 245 g/mol. The van der Waals surface area contributed by atoms with Crippen molar-refractivity contribution in [2.24, 2.45) is 0 Å². The van der Waals surface area contributed by atoms with E-state index in [1.54, 1.807) is 4.90 Å². The molecule has 3 heteroatoms. The van der Waals surface area contributed by atoms with Crippen LogP contribution in [0, 0.1) is 0 Å². The molecule has 1 fully saturated rings. The molecule has 1 amide bonds. The predicted octanol–water partition coefficient (Wildman–Crippen LogP) is 3.36. The van der Waals surface area contributed by atoms with Crippen LogP contribution in [0.3, 0.4) is 0 Å². The lowest BCUT2D eigenvalue weighted by Crippen LogP contribution is -2.30. The summed E-state index contributed by atoms with van der Waals surface area (Å²) in [6.07, 6.45) is 6.58. The van der Waals surface area contributed by atoms with Crippen LogP contribution in [0.2, 0.25) is 0 Å². The number of nitrogens with zero attached hydrogens (tertiary/aromatic N) is 1. The Hall–Kier alpha value is -1.77. The SMILES string of the molecule is CCCC=CN1C(=O)OCC1Cc1ccccc1. The van der Waals surface area contributed by atoms with Gasteiger partial charge in [-0.05, 0) is 18.4 Å². The van der Waals surface area contributed by atoms with Gasteiger partial charge in [-0.15, -0.1) is 0 Å². The minimum Gasteiger partial charge on any atom is -0.447 e. The van der Waals surface area contributed by atoms with Gasteiger partial charge in [0.15, 0.2) is 0 Å². The topological polar surface area (TPSA) is 29.5 Å². The molecular formula is C15H19NO2. The highest BCUT2D eigenvalue weighted by Crippen LogP contribution is 2.17. The first-order valence-electron chi connectivity index (χ1n) is 6.47. The third kappa shape index (κ3) is 3.13.